The molecule has 10 nitrogen and oxygen atoms in total. The molecule has 1 amide bonds. The third-order valence-electron chi connectivity index (χ3n) is 5.64. The molecular weight excluding hydrogens is 457 g/mol. The molecule has 0 aromatic carbocycles. The average Bonchev–Trinajstić information content (AvgIpc) is 3.34. The molecule has 2 unspecified atom stereocenters. The van der Waals surface area contributed by atoms with Crippen molar-refractivity contribution in [1.29, 1.82) is 0 Å². The van der Waals surface area contributed by atoms with Crippen molar-refractivity contribution >= 4 is 11.9 Å². The first-order valence-corrected chi connectivity index (χ1v) is 10.7. The first-order chi connectivity index (χ1) is 16.0. The van der Waals surface area contributed by atoms with Crippen LogP contribution in [-0.4, -0.2) is 74.0 Å². The zero-order valence-electron chi connectivity index (χ0n) is 19.0. The predicted molar refractivity (Wildman–Crippen MR) is 113 cm³/mol. The van der Waals surface area contributed by atoms with E-state index < -0.39 is 12.1 Å². The molecule has 186 valence electrons. The molecular formula is C21H27F3N6O4. The number of carboxylic acids is 1. The van der Waals surface area contributed by atoms with E-state index in [0.717, 1.165) is 44.0 Å². The largest absolute Gasteiger partial charge is 0.490 e. The second-order valence-electron chi connectivity index (χ2n) is 8.57. The van der Waals surface area contributed by atoms with E-state index in [1.54, 1.807) is 13.3 Å². The molecule has 4 rings (SSSR count). The van der Waals surface area contributed by atoms with Crippen molar-refractivity contribution < 1.29 is 32.6 Å². The summed E-state index contributed by atoms with van der Waals surface area (Å²) in [5.41, 5.74) is 1.11. The molecule has 2 aliphatic heterocycles. The van der Waals surface area contributed by atoms with Gasteiger partial charge in [-0.3, -0.25) is 9.69 Å². The summed E-state index contributed by atoms with van der Waals surface area (Å²) < 4.78 is 39.1. The van der Waals surface area contributed by atoms with Gasteiger partial charge in [-0.15, -0.1) is 10.2 Å². The van der Waals surface area contributed by atoms with Gasteiger partial charge in [0.15, 0.2) is 0 Å². The monoisotopic (exact) mass is 484 g/mol. The number of ether oxygens (including phenoxy) is 1. The van der Waals surface area contributed by atoms with Crippen LogP contribution in [0.2, 0.25) is 0 Å². The van der Waals surface area contributed by atoms with Gasteiger partial charge < -0.3 is 19.7 Å². The lowest BCUT2D eigenvalue weighted by atomic mass is 9.89. The number of hydrogen-bond acceptors (Lipinski definition) is 7. The quantitative estimate of drug-likeness (QED) is 0.658. The van der Waals surface area contributed by atoms with Crippen LogP contribution in [0.15, 0.2) is 18.3 Å². The number of rotatable bonds is 5. The van der Waals surface area contributed by atoms with Crippen molar-refractivity contribution in [3.8, 4) is 5.88 Å². The highest BCUT2D eigenvalue weighted by atomic mass is 19.4. The summed E-state index contributed by atoms with van der Waals surface area (Å²) in [5.74, 6) is 0.199. The van der Waals surface area contributed by atoms with Crippen molar-refractivity contribution in [3.05, 3.63) is 35.5 Å². The molecule has 4 heterocycles. The predicted octanol–water partition coefficient (Wildman–Crippen LogP) is 1.76. The number of carbonyl (C=O) groups is 2. The summed E-state index contributed by atoms with van der Waals surface area (Å²) in [4.78, 5) is 28.0. The lowest BCUT2D eigenvalue weighted by Crippen LogP contribution is -2.35. The molecule has 34 heavy (non-hydrogen) atoms. The average molecular weight is 484 g/mol. The van der Waals surface area contributed by atoms with Gasteiger partial charge >= 0.3 is 12.1 Å². The molecule has 2 aliphatic rings. The molecule has 0 aliphatic carbocycles. The third-order valence-corrected chi connectivity index (χ3v) is 5.64. The minimum absolute atomic E-state index is 0.0817. The Morgan fingerprint density at radius 3 is 2.53 bits per heavy atom. The maximum atomic E-state index is 12.4. The maximum Gasteiger partial charge on any atom is 0.490 e. The molecule has 2 aromatic heterocycles. The number of alkyl halides is 3. The number of carbonyl (C=O) groups excluding carboxylic acids is 1. The second-order valence-corrected chi connectivity index (χ2v) is 8.57. The minimum Gasteiger partial charge on any atom is -0.481 e. The van der Waals surface area contributed by atoms with Gasteiger partial charge in [-0.1, -0.05) is 6.07 Å². The van der Waals surface area contributed by atoms with Crippen LogP contribution in [0.1, 0.15) is 35.9 Å². The fourth-order valence-electron chi connectivity index (χ4n) is 4.21. The van der Waals surface area contributed by atoms with Crippen LogP contribution in [0.3, 0.4) is 0 Å². The lowest BCUT2D eigenvalue weighted by Gasteiger charge is -2.25. The Hall–Kier alpha value is -3.22. The maximum absolute atomic E-state index is 12.4. The molecule has 13 heteroatoms. The number of methoxy groups -OCH3 is 1. The first-order valence-electron chi connectivity index (χ1n) is 10.7. The van der Waals surface area contributed by atoms with E-state index >= 15 is 0 Å². The lowest BCUT2D eigenvalue weighted by molar-refractivity contribution is -0.192. The van der Waals surface area contributed by atoms with E-state index in [4.69, 9.17) is 14.6 Å². The van der Waals surface area contributed by atoms with Crippen LogP contribution in [0.25, 0.3) is 0 Å². The number of nitrogens with one attached hydrogen (secondary N) is 1. The number of likely N-dealkylation sites (tertiary alicyclic amines) is 1. The molecule has 0 bridgehead atoms. The van der Waals surface area contributed by atoms with Gasteiger partial charge in [-0.2, -0.15) is 13.2 Å². The number of amides is 1. The molecule has 0 saturated carbocycles. The Bertz CT molecular complexity index is 1030. The highest BCUT2D eigenvalue weighted by Crippen LogP contribution is 2.34. The highest BCUT2D eigenvalue weighted by molar-refractivity contribution is 5.90. The van der Waals surface area contributed by atoms with E-state index in [0.29, 0.717) is 23.5 Å². The summed E-state index contributed by atoms with van der Waals surface area (Å²) >= 11 is 0. The van der Waals surface area contributed by atoms with Crippen molar-refractivity contribution in [2.45, 2.75) is 45.6 Å². The minimum atomic E-state index is -5.08. The number of aliphatic carboxylic acids is 1. The van der Waals surface area contributed by atoms with Gasteiger partial charge in [0, 0.05) is 50.4 Å². The summed E-state index contributed by atoms with van der Waals surface area (Å²) in [7, 11) is 1.66. The van der Waals surface area contributed by atoms with Crippen molar-refractivity contribution in [3.63, 3.8) is 0 Å². The zero-order valence-corrected chi connectivity index (χ0v) is 19.0. The number of hydrogen-bond donors (Lipinski definition) is 2. The SMILES string of the molecule is COc1ncccc1CN1CC2Cc3nnc(C(=O)NC(C)C)n3CC2C1.O=C(O)C(F)(F)F. The van der Waals surface area contributed by atoms with Crippen molar-refractivity contribution in [2.24, 2.45) is 11.8 Å². The summed E-state index contributed by atoms with van der Waals surface area (Å²) in [6, 6.07) is 4.09. The van der Waals surface area contributed by atoms with Gasteiger partial charge in [0.25, 0.3) is 5.91 Å². The van der Waals surface area contributed by atoms with Gasteiger partial charge in [0.2, 0.25) is 11.7 Å². The summed E-state index contributed by atoms with van der Waals surface area (Å²) in [6.07, 6.45) is -2.46. The first kappa shape index (κ1) is 25.4. The number of pyridine rings is 1. The molecule has 2 atom stereocenters. The Morgan fingerprint density at radius 1 is 1.24 bits per heavy atom. The molecule has 1 fully saturated rings. The Balaban J connectivity index is 0.000000406. The topological polar surface area (TPSA) is 122 Å². The van der Waals surface area contributed by atoms with Crippen LogP contribution in [-0.2, 0) is 24.3 Å². The van der Waals surface area contributed by atoms with Crippen molar-refractivity contribution in [1.82, 2.24) is 30.0 Å². The summed E-state index contributed by atoms with van der Waals surface area (Å²) in [6.45, 7) is 7.53. The second kappa shape index (κ2) is 10.4. The Kier molecular flexibility index (Phi) is 7.75. The van der Waals surface area contributed by atoms with Gasteiger partial charge in [-0.05, 0) is 31.7 Å². The third kappa shape index (κ3) is 6.01. The number of nitrogens with zero attached hydrogens (tertiary/aromatic N) is 5. The van der Waals surface area contributed by atoms with Crippen molar-refractivity contribution in [2.75, 3.05) is 20.2 Å². The number of fused-ring (bicyclic) bond motifs is 2. The Labute approximate surface area is 194 Å². The zero-order chi connectivity index (χ0) is 25.0. The van der Waals surface area contributed by atoms with Crippen LogP contribution < -0.4 is 10.1 Å². The molecule has 2 N–H and O–H groups in total. The van der Waals surface area contributed by atoms with Gasteiger partial charge in [-0.25, -0.2) is 9.78 Å². The van der Waals surface area contributed by atoms with E-state index in [-0.39, 0.29) is 11.9 Å². The van der Waals surface area contributed by atoms with Gasteiger partial charge in [0.05, 0.1) is 7.11 Å². The number of aromatic nitrogens is 4. The molecule has 1 saturated heterocycles. The molecule has 0 radical (unpaired) electrons. The van der Waals surface area contributed by atoms with E-state index in [9.17, 15) is 18.0 Å². The summed E-state index contributed by atoms with van der Waals surface area (Å²) in [5, 5.41) is 18.5. The molecule has 0 spiro atoms. The number of halogens is 3. The van der Waals surface area contributed by atoms with Crippen LogP contribution in [0.4, 0.5) is 13.2 Å². The van der Waals surface area contributed by atoms with Crippen LogP contribution in [0.5, 0.6) is 5.88 Å². The standard InChI is InChI=1S/C19H26N6O2.C2HF3O2/c1-12(2)21-18(26)17-23-22-16-7-14-9-24(10-15(14)11-25(16)17)8-13-5-4-6-20-19(13)27-3;3-2(4,5)1(6)7/h4-6,12,14-15H,7-11H2,1-3H3,(H,21,26);(H,6,7). The number of carboxylic acid groups (broad SMARTS) is 1. The fraction of sp³-hybridized carbons (Fsp3) is 0.571. The van der Waals surface area contributed by atoms with Crippen LogP contribution in [0, 0.1) is 11.8 Å². The Morgan fingerprint density at radius 2 is 1.91 bits per heavy atom. The van der Waals surface area contributed by atoms with Crippen LogP contribution >= 0.6 is 0 Å². The van der Waals surface area contributed by atoms with E-state index in [1.165, 1.54) is 0 Å². The normalized spacial score (nSPS) is 19.6. The highest BCUT2D eigenvalue weighted by Gasteiger charge is 2.39. The fourth-order valence-corrected chi connectivity index (χ4v) is 4.21. The van der Waals surface area contributed by atoms with Gasteiger partial charge in [0.1, 0.15) is 5.82 Å². The molecule has 2 aromatic rings. The smallest absolute Gasteiger partial charge is 0.481 e. The van der Waals surface area contributed by atoms with E-state index in [1.807, 2.05) is 24.5 Å². The van der Waals surface area contributed by atoms with E-state index in [2.05, 4.69) is 31.5 Å².